The molecule has 1 amide bonds. The molecule has 39 heavy (non-hydrogen) atoms. The molecule has 0 N–H and O–H groups in total. The smallest absolute Gasteiger partial charge is 0.415 e. The number of methoxy groups -OCH3 is 1. The zero-order valence-corrected chi connectivity index (χ0v) is 21.7. The van der Waals surface area contributed by atoms with Crippen LogP contribution >= 0.6 is 0 Å². The van der Waals surface area contributed by atoms with Gasteiger partial charge in [-0.1, -0.05) is 30.3 Å². The van der Waals surface area contributed by atoms with Crippen molar-refractivity contribution in [2.24, 2.45) is 5.92 Å². The number of carbonyl (C=O) groups is 2. The highest BCUT2D eigenvalue weighted by molar-refractivity contribution is 5.87. The summed E-state index contributed by atoms with van der Waals surface area (Å²) in [5.41, 5.74) is 0.716. The summed E-state index contributed by atoms with van der Waals surface area (Å²) in [7, 11) is 1.55. The van der Waals surface area contributed by atoms with Gasteiger partial charge >= 0.3 is 12.1 Å². The van der Waals surface area contributed by atoms with Gasteiger partial charge in [0.15, 0.2) is 12.6 Å². The minimum atomic E-state index is -0.680. The third kappa shape index (κ3) is 6.20. The molecular weight excluding hydrogens is 506 g/mol. The Morgan fingerprint density at radius 2 is 1.67 bits per heavy atom. The molecule has 3 saturated heterocycles. The van der Waals surface area contributed by atoms with E-state index in [-0.39, 0.29) is 30.7 Å². The molecule has 3 aromatic carbocycles. The molecule has 0 aromatic heterocycles. The Hall–Kier alpha value is -3.98. The second-order valence-electron chi connectivity index (χ2n) is 10.2. The summed E-state index contributed by atoms with van der Waals surface area (Å²) in [4.78, 5) is 27.6. The van der Waals surface area contributed by atoms with Gasteiger partial charge in [-0.25, -0.2) is 18.4 Å². The maximum absolute atomic E-state index is 14.8. The van der Waals surface area contributed by atoms with Gasteiger partial charge in [0, 0.05) is 24.8 Å². The van der Waals surface area contributed by atoms with Crippen LogP contribution in [-0.2, 0) is 16.1 Å². The average Bonchev–Trinajstić information content (AvgIpc) is 2.93. The van der Waals surface area contributed by atoms with E-state index < -0.39 is 23.8 Å². The van der Waals surface area contributed by atoms with Crippen LogP contribution in [0, 0.1) is 17.6 Å². The second kappa shape index (κ2) is 11.4. The van der Waals surface area contributed by atoms with Crippen LogP contribution in [0.15, 0.2) is 72.8 Å². The molecule has 3 fully saturated rings. The lowest BCUT2D eigenvalue weighted by Crippen LogP contribution is -2.66. The topological polar surface area (TPSA) is 65.1 Å². The van der Waals surface area contributed by atoms with Crippen LogP contribution < -0.4 is 14.4 Å². The lowest BCUT2D eigenvalue weighted by molar-refractivity contribution is -0.939. The number of anilines is 1. The largest absolute Gasteiger partial charge is 0.497 e. The van der Waals surface area contributed by atoms with Gasteiger partial charge in [-0.05, 0) is 42.0 Å². The predicted octanol–water partition coefficient (Wildman–Crippen LogP) is 5.33. The number of carbonyl (C=O) groups excluding carboxylic acids is 2. The predicted molar refractivity (Wildman–Crippen MR) is 140 cm³/mol. The normalized spacial score (nSPS) is 21.7. The number of halogens is 2. The third-order valence-electron chi connectivity index (χ3n) is 7.65. The zero-order chi connectivity index (χ0) is 27.4. The molecule has 3 heterocycles. The maximum Gasteiger partial charge on any atom is 0.415 e. The fourth-order valence-electron chi connectivity index (χ4n) is 5.56. The van der Waals surface area contributed by atoms with E-state index in [2.05, 4.69) is 0 Å². The highest BCUT2D eigenvalue weighted by Gasteiger charge is 2.49. The molecule has 9 heteroatoms. The van der Waals surface area contributed by atoms with Gasteiger partial charge < -0.3 is 18.7 Å². The van der Waals surface area contributed by atoms with E-state index >= 15 is 0 Å². The third-order valence-corrected chi connectivity index (χ3v) is 7.65. The van der Waals surface area contributed by atoms with E-state index in [4.69, 9.17) is 14.2 Å². The van der Waals surface area contributed by atoms with Crippen LogP contribution in [0.5, 0.6) is 11.5 Å². The van der Waals surface area contributed by atoms with Gasteiger partial charge in [-0.3, -0.25) is 4.90 Å². The van der Waals surface area contributed by atoms with Crippen molar-refractivity contribution in [2.45, 2.75) is 25.5 Å². The maximum atomic E-state index is 14.8. The Kier molecular flexibility index (Phi) is 7.79. The van der Waals surface area contributed by atoms with E-state index in [1.165, 1.54) is 29.2 Å². The highest BCUT2D eigenvalue weighted by Crippen LogP contribution is 2.36. The van der Waals surface area contributed by atoms with Crippen LogP contribution in [0.4, 0.5) is 19.3 Å². The van der Waals surface area contributed by atoms with Gasteiger partial charge in [-0.2, -0.15) is 0 Å². The molecule has 204 valence electrons. The van der Waals surface area contributed by atoms with E-state index in [1.54, 1.807) is 55.6 Å². The summed E-state index contributed by atoms with van der Waals surface area (Å²) in [5, 5.41) is 0. The molecule has 3 aliphatic rings. The van der Waals surface area contributed by atoms with Crippen molar-refractivity contribution in [3.63, 3.8) is 0 Å². The van der Waals surface area contributed by atoms with E-state index in [0.29, 0.717) is 28.1 Å². The van der Waals surface area contributed by atoms with Crippen molar-refractivity contribution < 1.29 is 37.1 Å². The molecule has 0 aliphatic carbocycles. The first-order valence-electron chi connectivity index (χ1n) is 13.0. The van der Waals surface area contributed by atoms with Crippen LogP contribution in [-0.4, -0.2) is 55.9 Å². The molecule has 6 rings (SSSR count). The zero-order valence-electron chi connectivity index (χ0n) is 21.7. The van der Waals surface area contributed by atoms with Crippen molar-refractivity contribution >= 4 is 17.7 Å². The first kappa shape index (κ1) is 26.6. The molecule has 1 unspecified atom stereocenters. The highest BCUT2D eigenvalue weighted by atomic mass is 19.1. The summed E-state index contributed by atoms with van der Waals surface area (Å²) < 4.78 is 45.5. The number of quaternary nitrogens is 1. The second-order valence-corrected chi connectivity index (χ2v) is 10.2. The average molecular weight is 538 g/mol. The summed E-state index contributed by atoms with van der Waals surface area (Å²) in [6.07, 6.45) is 0.511. The first-order valence-corrected chi connectivity index (χ1v) is 13.0. The number of para-hydroxylation sites is 1. The molecule has 3 aliphatic heterocycles. The number of fused-ring (bicyclic) bond motifs is 3. The summed E-state index contributed by atoms with van der Waals surface area (Å²) in [6, 6.07) is 18.6. The summed E-state index contributed by atoms with van der Waals surface area (Å²) in [6.45, 7) is 2.23. The van der Waals surface area contributed by atoms with Gasteiger partial charge in [0.05, 0.1) is 32.4 Å². The van der Waals surface area contributed by atoms with Crippen molar-refractivity contribution in [3.8, 4) is 11.5 Å². The fraction of sp³-hybridized carbons (Fsp3) is 0.333. The lowest BCUT2D eigenvalue weighted by Gasteiger charge is -2.51. The number of rotatable bonds is 8. The quantitative estimate of drug-likeness (QED) is 0.221. The van der Waals surface area contributed by atoms with Gasteiger partial charge in [0.1, 0.15) is 29.7 Å². The Morgan fingerprint density at radius 1 is 0.949 bits per heavy atom. The Balaban J connectivity index is 1.29. The fourth-order valence-corrected chi connectivity index (χ4v) is 5.56. The minimum absolute atomic E-state index is 0.0182. The van der Waals surface area contributed by atoms with Crippen LogP contribution in [0.3, 0.4) is 0 Å². The Morgan fingerprint density at radius 3 is 2.38 bits per heavy atom. The number of nitrogens with zero attached hydrogens (tertiary/aromatic N) is 2. The van der Waals surface area contributed by atoms with Crippen molar-refractivity contribution in [3.05, 3.63) is 90.0 Å². The van der Waals surface area contributed by atoms with Gasteiger partial charge in [0.2, 0.25) is 0 Å². The standard InChI is InChI=1S/C30H31F2N2O5/c1-37-24-5-4-6-25(17-24)38-29(35)20-34-15-13-22(14-16-34)28(19-34)39-30(36)33(27-8-3-2-7-26(27)32)18-21-9-11-23(31)12-10-21/h2-12,17,22,28H,13-16,18-20H2,1H3/q+1. The molecule has 0 radical (unpaired) electrons. The molecule has 3 aromatic rings. The number of benzene rings is 3. The molecule has 0 saturated carbocycles. The van der Waals surface area contributed by atoms with Crippen molar-refractivity contribution in [2.75, 3.05) is 38.2 Å². The number of amides is 1. The van der Waals surface area contributed by atoms with E-state index in [1.807, 2.05) is 0 Å². The number of hydrogen-bond donors (Lipinski definition) is 0. The molecule has 2 bridgehead atoms. The number of esters is 1. The number of piperidine rings is 3. The monoisotopic (exact) mass is 537 g/mol. The Labute approximate surface area is 226 Å². The van der Waals surface area contributed by atoms with Crippen molar-refractivity contribution in [1.29, 1.82) is 0 Å². The molecule has 0 spiro atoms. The first-order chi connectivity index (χ1) is 18.8. The minimum Gasteiger partial charge on any atom is -0.497 e. The Bertz CT molecular complexity index is 1320. The SMILES string of the molecule is COc1cccc(OC(=O)C[N+]23CCC(CC2)C(OC(=O)N(Cc2ccc(F)cc2)c2ccccc2F)C3)c1. The summed E-state index contributed by atoms with van der Waals surface area (Å²) >= 11 is 0. The van der Waals surface area contributed by atoms with Crippen LogP contribution in [0.1, 0.15) is 18.4 Å². The van der Waals surface area contributed by atoms with Crippen LogP contribution in [0.2, 0.25) is 0 Å². The number of ether oxygens (including phenoxy) is 3. The van der Waals surface area contributed by atoms with Gasteiger partial charge in [-0.15, -0.1) is 0 Å². The van der Waals surface area contributed by atoms with Gasteiger partial charge in [0.25, 0.3) is 0 Å². The lowest BCUT2D eigenvalue weighted by atomic mass is 9.83. The van der Waals surface area contributed by atoms with Crippen LogP contribution in [0.25, 0.3) is 0 Å². The number of hydrogen-bond acceptors (Lipinski definition) is 5. The molecular formula is C30H31F2N2O5+. The van der Waals surface area contributed by atoms with Crippen molar-refractivity contribution in [1.82, 2.24) is 0 Å². The molecule has 1 atom stereocenters. The molecule has 7 nitrogen and oxygen atoms in total. The van der Waals surface area contributed by atoms with E-state index in [9.17, 15) is 18.4 Å². The summed E-state index contributed by atoms with van der Waals surface area (Å²) in [5.74, 6) is -0.152. The van der Waals surface area contributed by atoms with E-state index in [0.717, 1.165) is 25.9 Å².